The van der Waals surface area contributed by atoms with Gasteiger partial charge in [-0.1, -0.05) is 60.7 Å². The summed E-state index contributed by atoms with van der Waals surface area (Å²) < 4.78 is 54.1. The lowest BCUT2D eigenvalue weighted by molar-refractivity contribution is 0.00679. The van der Waals surface area contributed by atoms with Gasteiger partial charge >= 0.3 is 13.3 Å². The summed E-state index contributed by atoms with van der Waals surface area (Å²) in [5, 5.41) is 3.21. The van der Waals surface area contributed by atoms with E-state index in [4.69, 9.17) is 9.05 Å². The van der Waals surface area contributed by atoms with Gasteiger partial charge in [0.25, 0.3) is 0 Å². The van der Waals surface area contributed by atoms with Crippen LogP contribution in [0.2, 0.25) is 0 Å². The molecule has 0 spiro atoms. The van der Waals surface area contributed by atoms with Crippen LogP contribution in [0.4, 0.5) is 8.78 Å². The van der Waals surface area contributed by atoms with Crippen LogP contribution in [-0.2, 0) is 26.6 Å². The standard InChI is InChI=1S/C23H32F2NO3P/c1-18(2)28-30(27,29-19(3)4)23(24,25)16-22(15-20-11-7-5-8-12-20)26-17-21-13-9-6-10-14-21/h5-14,18-19,22,26H,15-17H2,1-4H3/t22-/m0/s1. The van der Waals surface area contributed by atoms with Gasteiger partial charge in [0.2, 0.25) is 0 Å². The smallest absolute Gasteiger partial charge is 0.309 e. The summed E-state index contributed by atoms with van der Waals surface area (Å²) in [6, 6.07) is 18.4. The Labute approximate surface area is 178 Å². The molecule has 0 radical (unpaired) electrons. The third kappa shape index (κ3) is 7.59. The molecule has 0 aliphatic rings. The van der Waals surface area contributed by atoms with E-state index in [0.717, 1.165) is 11.1 Å². The molecular formula is C23H32F2NO3P. The molecule has 0 heterocycles. The van der Waals surface area contributed by atoms with E-state index in [1.165, 1.54) is 0 Å². The maximum atomic E-state index is 15.3. The molecule has 2 aromatic rings. The molecule has 2 rings (SSSR count). The number of alkyl halides is 2. The Kier molecular flexibility index (Phi) is 9.17. The molecule has 1 atom stereocenters. The van der Waals surface area contributed by atoms with Crippen LogP contribution in [0.15, 0.2) is 60.7 Å². The number of hydrogen-bond donors (Lipinski definition) is 1. The predicted octanol–water partition coefficient (Wildman–Crippen LogP) is 6.41. The molecule has 30 heavy (non-hydrogen) atoms. The molecule has 1 N–H and O–H groups in total. The van der Waals surface area contributed by atoms with Gasteiger partial charge in [0.05, 0.1) is 12.2 Å². The molecule has 0 saturated carbocycles. The van der Waals surface area contributed by atoms with Crippen LogP contribution in [-0.4, -0.2) is 23.9 Å². The lowest BCUT2D eigenvalue weighted by Crippen LogP contribution is -2.38. The first kappa shape index (κ1) is 24.7. The lowest BCUT2D eigenvalue weighted by Gasteiger charge is -2.32. The van der Waals surface area contributed by atoms with Crippen molar-refractivity contribution < 1.29 is 22.4 Å². The quantitative estimate of drug-likeness (QED) is 0.388. The summed E-state index contributed by atoms with van der Waals surface area (Å²) in [5.74, 6) is 0. The van der Waals surface area contributed by atoms with Gasteiger partial charge in [0.15, 0.2) is 0 Å². The number of halogens is 2. The molecule has 166 valence electrons. The second-order valence-corrected chi connectivity index (χ2v) is 10.00. The minimum atomic E-state index is -4.66. The lowest BCUT2D eigenvalue weighted by atomic mass is 10.0. The molecule has 7 heteroatoms. The predicted molar refractivity (Wildman–Crippen MR) is 117 cm³/mol. The fourth-order valence-electron chi connectivity index (χ4n) is 3.12. The summed E-state index contributed by atoms with van der Waals surface area (Å²) in [5.41, 5.74) is -1.73. The van der Waals surface area contributed by atoms with Gasteiger partial charge in [-0.05, 0) is 45.2 Å². The minimum Gasteiger partial charge on any atom is -0.309 e. The SMILES string of the molecule is CC(C)OP(=O)(OC(C)C)C(F)(F)C[C@H](Cc1ccccc1)NCc1ccccc1. The third-order valence-electron chi connectivity index (χ3n) is 4.35. The van der Waals surface area contributed by atoms with Gasteiger partial charge < -0.3 is 14.4 Å². The van der Waals surface area contributed by atoms with E-state index in [2.05, 4.69) is 5.32 Å². The Bertz CT molecular complexity index is 787. The highest BCUT2D eigenvalue weighted by Gasteiger charge is 2.55. The molecule has 0 saturated heterocycles. The zero-order chi connectivity index (χ0) is 22.2. The summed E-state index contributed by atoms with van der Waals surface area (Å²) in [7, 11) is -4.66. The van der Waals surface area contributed by atoms with Crippen LogP contribution in [0.3, 0.4) is 0 Å². The summed E-state index contributed by atoms with van der Waals surface area (Å²) in [6.07, 6.45) is -1.59. The fourth-order valence-corrected chi connectivity index (χ4v) is 5.03. The Morgan fingerprint density at radius 2 is 1.33 bits per heavy atom. The zero-order valence-electron chi connectivity index (χ0n) is 18.1. The largest absolute Gasteiger partial charge is 0.400 e. The highest BCUT2D eigenvalue weighted by atomic mass is 31.2. The van der Waals surface area contributed by atoms with Crippen molar-refractivity contribution in [1.82, 2.24) is 5.32 Å². The van der Waals surface area contributed by atoms with Crippen LogP contribution in [0.1, 0.15) is 45.2 Å². The first-order valence-corrected chi connectivity index (χ1v) is 11.8. The van der Waals surface area contributed by atoms with Crippen molar-refractivity contribution in [1.29, 1.82) is 0 Å². The number of rotatable bonds is 12. The average molecular weight is 439 g/mol. The normalized spacial score (nSPS) is 13.7. The van der Waals surface area contributed by atoms with Crippen molar-refractivity contribution in [2.24, 2.45) is 0 Å². The Hall–Kier alpha value is -1.59. The van der Waals surface area contributed by atoms with Crippen molar-refractivity contribution >= 4 is 7.60 Å². The van der Waals surface area contributed by atoms with Crippen LogP contribution in [0, 0.1) is 0 Å². The Morgan fingerprint density at radius 1 is 0.867 bits per heavy atom. The van der Waals surface area contributed by atoms with E-state index >= 15 is 8.78 Å². The minimum absolute atomic E-state index is 0.368. The number of benzene rings is 2. The van der Waals surface area contributed by atoms with E-state index in [1.807, 2.05) is 60.7 Å². The summed E-state index contributed by atoms with van der Waals surface area (Å²) >= 11 is 0. The van der Waals surface area contributed by atoms with E-state index in [1.54, 1.807) is 27.7 Å². The van der Waals surface area contributed by atoms with Gasteiger partial charge in [-0.15, -0.1) is 0 Å². The topological polar surface area (TPSA) is 47.6 Å². The number of hydrogen-bond acceptors (Lipinski definition) is 4. The van der Waals surface area contributed by atoms with E-state index in [-0.39, 0.29) is 0 Å². The highest BCUT2D eigenvalue weighted by Crippen LogP contribution is 2.65. The van der Waals surface area contributed by atoms with Crippen molar-refractivity contribution in [3.05, 3.63) is 71.8 Å². The molecule has 0 aliphatic heterocycles. The molecule has 0 amide bonds. The Morgan fingerprint density at radius 3 is 1.80 bits per heavy atom. The first-order chi connectivity index (χ1) is 14.1. The maximum Gasteiger partial charge on any atom is 0.400 e. The second kappa shape index (κ2) is 11.1. The van der Waals surface area contributed by atoms with Crippen LogP contribution < -0.4 is 5.32 Å². The van der Waals surface area contributed by atoms with Gasteiger partial charge in [0.1, 0.15) is 0 Å². The zero-order valence-corrected chi connectivity index (χ0v) is 18.9. The van der Waals surface area contributed by atoms with Crippen LogP contribution in [0.25, 0.3) is 0 Å². The molecule has 2 aromatic carbocycles. The van der Waals surface area contributed by atoms with Crippen molar-refractivity contribution in [2.75, 3.05) is 0 Å². The molecule has 0 unspecified atom stereocenters. The average Bonchev–Trinajstić information content (AvgIpc) is 2.66. The first-order valence-electron chi connectivity index (χ1n) is 10.3. The summed E-state index contributed by atoms with van der Waals surface area (Å²) in [4.78, 5) is 0. The highest BCUT2D eigenvalue weighted by molar-refractivity contribution is 7.55. The monoisotopic (exact) mass is 439 g/mol. The van der Waals surface area contributed by atoms with Gasteiger partial charge in [-0.3, -0.25) is 4.57 Å². The van der Waals surface area contributed by atoms with Crippen LogP contribution in [0.5, 0.6) is 0 Å². The van der Waals surface area contributed by atoms with Crippen molar-refractivity contribution in [2.45, 2.75) is 71.0 Å². The van der Waals surface area contributed by atoms with Crippen molar-refractivity contribution in [3.63, 3.8) is 0 Å². The molecule has 0 fully saturated rings. The molecule has 0 aliphatic carbocycles. The van der Waals surface area contributed by atoms with E-state index < -0.39 is 37.9 Å². The van der Waals surface area contributed by atoms with Gasteiger partial charge in [-0.25, -0.2) is 0 Å². The van der Waals surface area contributed by atoms with E-state index in [9.17, 15) is 4.57 Å². The molecule has 0 aromatic heterocycles. The molecule has 4 nitrogen and oxygen atoms in total. The van der Waals surface area contributed by atoms with Gasteiger partial charge in [0, 0.05) is 19.0 Å². The third-order valence-corrected chi connectivity index (χ3v) is 6.74. The second-order valence-electron chi connectivity index (χ2n) is 7.93. The van der Waals surface area contributed by atoms with Crippen molar-refractivity contribution in [3.8, 4) is 0 Å². The van der Waals surface area contributed by atoms with E-state index in [0.29, 0.717) is 13.0 Å². The Balaban J connectivity index is 2.23. The molecule has 0 bridgehead atoms. The summed E-state index contributed by atoms with van der Waals surface area (Å²) in [6.45, 7) is 6.71. The van der Waals surface area contributed by atoms with Crippen LogP contribution >= 0.6 is 7.60 Å². The maximum absolute atomic E-state index is 15.3. The number of nitrogens with one attached hydrogen (secondary N) is 1. The fraction of sp³-hybridized carbons (Fsp3) is 0.478. The molecular weight excluding hydrogens is 407 g/mol. The van der Waals surface area contributed by atoms with Gasteiger partial charge in [-0.2, -0.15) is 8.78 Å².